The van der Waals surface area contributed by atoms with E-state index in [4.69, 9.17) is 14.2 Å². The summed E-state index contributed by atoms with van der Waals surface area (Å²) in [6.07, 6.45) is 4.29. The normalized spacial score (nSPS) is 18.2. The van der Waals surface area contributed by atoms with Gasteiger partial charge in [0.1, 0.15) is 24.8 Å². The second-order valence-corrected chi connectivity index (χ2v) is 6.57. The molecule has 1 amide bonds. The van der Waals surface area contributed by atoms with Crippen molar-refractivity contribution in [2.24, 2.45) is 0 Å². The molecule has 138 valence electrons. The molecule has 1 aromatic carbocycles. The number of carbonyl (C=O) groups is 1. The molecule has 0 aliphatic carbocycles. The van der Waals surface area contributed by atoms with Gasteiger partial charge >= 0.3 is 0 Å². The lowest BCUT2D eigenvalue weighted by Crippen LogP contribution is -2.25. The number of nitrogens with one attached hydrogen (secondary N) is 1. The first-order valence-electron chi connectivity index (χ1n) is 9.04. The molecule has 7 heteroatoms. The van der Waals surface area contributed by atoms with Crippen molar-refractivity contribution in [3.05, 3.63) is 29.5 Å². The molecule has 0 fully saturated rings. The SMILES string of the molecule is CCCCn1ncc2c1NC(=O)C[C@@H]2c1cc2c(cc1OC)OCCO2. The minimum atomic E-state index is -0.125. The summed E-state index contributed by atoms with van der Waals surface area (Å²) in [5, 5.41) is 7.48. The lowest BCUT2D eigenvalue weighted by molar-refractivity contribution is -0.116. The van der Waals surface area contributed by atoms with E-state index in [0.717, 1.165) is 36.3 Å². The predicted octanol–water partition coefficient (Wildman–Crippen LogP) is 2.94. The molecular formula is C19H23N3O4. The molecule has 2 aromatic rings. The standard InChI is InChI=1S/C19H23N3O4/c1-3-4-5-22-19-14(11-20-22)12(9-18(23)21-19)13-8-16-17(10-15(13)24-2)26-7-6-25-16/h8,10-12H,3-7,9H2,1-2H3,(H,21,23)/t12-/m1/s1. The molecule has 26 heavy (non-hydrogen) atoms. The first kappa shape index (κ1) is 16.8. The van der Waals surface area contributed by atoms with Gasteiger partial charge in [-0.2, -0.15) is 5.10 Å². The number of hydrogen-bond acceptors (Lipinski definition) is 5. The van der Waals surface area contributed by atoms with Gasteiger partial charge in [0.25, 0.3) is 0 Å². The number of amides is 1. The molecule has 2 aliphatic rings. The number of anilines is 1. The highest BCUT2D eigenvalue weighted by atomic mass is 16.6. The van der Waals surface area contributed by atoms with E-state index in [2.05, 4.69) is 17.3 Å². The van der Waals surface area contributed by atoms with E-state index in [-0.39, 0.29) is 11.8 Å². The van der Waals surface area contributed by atoms with E-state index in [0.29, 0.717) is 36.9 Å². The van der Waals surface area contributed by atoms with Gasteiger partial charge in [-0.3, -0.25) is 4.79 Å². The average Bonchev–Trinajstić information content (AvgIpc) is 3.07. The quantitative estimate of drug-likeness (QED) is 0.890. The Bertz CT molecular complexity index is 830. The zero-order valence-corrected chi connectivity index (χ0v) is 15.1. The first-order valence-corrected chi connectivity index (χ1v) is 9.04. The Morgan fingerprint density at radius 3 is 2.77 bits per heavy atom. The number of aromatic nitrogens is 2. The van der Waals surface area contributed by atoms with Crippen molar-refractivity contribution in [3.63, 3.8) is 0 Å². The smallest absolute Gasteiger partial charge is 0.226 e. The fourth-order valence-electron chi connectivity index (χ4n) is 3.56. The van der Waals surface area contributed by atoms with Crippen molar-refractivity contribution in [1.29, 1.82) is 0 Å². The second kappa shape index (κ2) is 6.90. The van der Waals surface area contributed by atoms with E-state index in [1.54, 1.807) is 7.11 Å². The Balaban J connectivity index is 1.77. The fraction of sp³-hybridized carbons (Fsp3) is 0.474. The topological polar surface area (TPSA) is 74.6 Å². The number of carbonyl (C=O) groups excluding carboxylic acids is 1. The average molecular weight is 357 g/mol. The molecular weight excluding hydrogens is 334 g/mol. The molecule has 7 nitrogen and oxygen atoms in total. The van der Waals surface area contributed by atoms with Crippen LogP contribution in [-0.4, -0.2) is 36.0 Å². The van der Waals surface area contributed by atoms with Crippen LogP contribution in [0.15, 0.2) is 18.3 Å². The number of hydrogen-bond donors (Lipinski definition) is 1. The van der Waals surface area contributed by atoms with Gasteiger partial charge in [0.15, 0.2) is 11.5 Å². The monoisotopic (exact) mass is 357 g/mol. The Morgan fingerprint density at radius 2 is 2.04 bits per heavy atom. The number of benzene rings is 1. The molecule has 4 rings (SSSR count). The molecule has 2 aliphatic heterocycles. The maximum absolute atomic E-state index is 12.4. The van der Waals surface area contributed by atoms with Crippen molar-refractivity contribution < 1.29 is 19.0 Å². The number of fused-ring (bicyclic) bond motifs is 2. The molecule has 0 unspecified atom stereocenters. The Labute approximate surface area is 152 Å². The third kappa shape index (κ3) is 2.87. The summed E-state index contributed by atoms with van der Waals surface area (Å²) >= 11 is 0. The Morgan fingerprint density at radius 1 is 1.27 bits per heavy atom. The van der Waals surface area contributed by atoms with Crippen LogP contribution in [0.5, 0.6) is 17.2 Å². The van der Waals surface area contributed by atoms with Crippen molar-refractivity contribution >= 4 is 11.7 Å². The highest BCUT2D eigenvalue weighted by Gasteiger charge is 2.33. The van der Waals surface area contributed by atoms with Gasteiger partial charge in [-0.05, 0) is 12.5 Å². The van der Waals surface area contributed by atoms with Crippen molar-refractivity contribution in [3.8, 4) is 17.2 Å². The van der Waals surface area contributed by atoms with Gasteiger partial charge < -0.3 is 19.5 Å². The van der Waals surface area contributed by atoms with Gasteiger partial charge in [-0.25, -0.2) is 4.68 Å². The number of unbranched alkanes of at least 4 members (excludes halogenated alkanes) is 1. The van der Waals surface area contributed by atoms with Crippen LogP contribution in [0, 0.1) is 0 Å². The van der Waals surface area contributed by atoms with Crippen LogP contribution in [0.25, 0.3) is 0 Å². The van der Waals surface area contributed by atoms with Gasteiger partial charge in [0.05, 0.1) is 13.3 Å². The summed E-state index contributed by atoms with van der Waals surface area (Å²) in [6.45, 7) is 3.97. The molecule has 0 radical (unpaired) electrons. The molecule has 0 saturated carbocycles. The van der Waals surface area contributed by atoms with Crippen molar-refractivity contribution in [1.82, 2.24) is 9.78 Å². The molecule has 1 atom stereocenters. The van der Waals surface area contributed by atoms with E-state index in [1.807, 2.05) is 23.0 Å². The Kier molecular flexibility index (Phi) is 4.44. The number of methoxy groups -OCH3 is 1. The summed E-state index contributed by atoms with van der Waals surface area (Å²) < 4.78 is 18.8. The lowest BCUT2D eigenvalue weighted by Gasteiger charge is -2.27. The highest BCUT2D eigenvalue weighted by molar-refractivity contribution is 5.94. The fourth-order valence-corrected chi connectivity index (χ4v) is 3.56. The van der Waals surface area contributed by atoms with Gasteiger partial charge in [-0.1, -0.05) is 13.3 Å². The summed E-state index contributed by atoms with van der Waals surface area (Å²) in [6, 6.07) is 3.78. The maximum atomic E-state index is 12.4. The van der Waals surface area contributed by atoms with Crippen LogP contribution < -0.4 is 19.5 Å². The number of ether oxygens (including phenoxy) is 3. The minimum Gasteiger partial charge on any atom is -0.496 e. The second-order valence-electron chi connectivity index (χ2n) is 6.57. The van der Waals surface area contributed by atoms with E-state index in [1.165, 1.54) is 0 Å². The molecule has 0 saturated heterocycles. The minimum absolute atomic E-state index is 0.0160. The largest absolute Gasteiger partial charge is 0.496 e. The van der Waals surface area contributed by atoms with Gasteiger partial charge in [0, 0.05) is 36.1 Å². The number of rotatable bonds is 5. The zero-order chi connectivity index (χ0) is 18.1. The van der Waals surface area contributed by atoms with Crippen LogP contribution in [0.4, 0.5) is 5.82 Å². The predicted molar refractivity (Wildman–Crippen MR) is 96.2 cm³/mol. The molecule has 1 aromatic heterocycles. The van der Waals surface area contributed by atoms with Crippen LogP contribution >= 0.6 is 0 Å². The summed E-state index contributed by atoms with van der Waals surface area (Å²) in [4.78, 5) is 12.4. The maximum Gasteiger partial charge on any atom is 0.226 e. The van der Waals surface area contributed by atoms with Crippen LogP contribution in [-0.2, 0) is 11.3 Å². The van der Waals surface area contributed by atoms with Crippen molar-refractivity contribution in [2.75, 3.05) is 25.6 Å². The summed E-state index contributed by atoms with van der Waals surface area (Å²) in [7, 11) is 1.63. The van der Waals surface area contributed by atoms with E-state index >= 15 is 0 Å². The highest BCUT2D eigenvalue weighted by Crippen LogP contribution is 2.45. The van der Waals surface area contributed by atoms with Gasteiger partial charge in [-0.15, -0.1) is 0 Å². The van der Waals surface area contributed by atoms with Crippen LogP contribution in [0.3, 0.4) is 0 Å². The summed E-state index contributed by atoms with van der Waals surface area (Å²) in [5.41, 5.74) is 1.93. The first-order chi connectivity index (χ1) is 12.7. The molecule has 1 N–H and O–H groups in total. The third-order valence-corrected chi connectivity index (χ3v) is 4.88. The van der Waals surface area contributed by atoms with Crippen LogP contribution in [0.1, 0.15) is 43.2 Å². The molecule has 3 heterocycles. The van der Waals surface area contributed by atoms with Gasteiger partial charge in [0.2, 0.25) is 5.91 Å². The Hall–Kier alpha value is -2.70. The van der Waals surface area contributed by atoms with Crippen LogP contribution in [0.2, 0.25) is 0 Å². The number of aryl methyl sites for hydroxylation is 1. The lowest BCUT2D eigenvalue weighted by atomic mass is 9.86. The van der Waals surface area contributed by atoms with E-state index < -0.39 is 0 Å². The van der Waals surface area contributed by atoms with E-state index in [9.17, 15) is 4.79 Å². The molecule has 0 bridgehead atoms. The third-order valence-electron chi connectivity index (χ3n) is 4.88. The van der Waals surface area contributed by atoms with Crippen molar-refractivity contribution in [2.45, 2.75) is 38.6 Å². The zero-order valence-electron chi connectivity index (χ0n) is 15.1. The molecule has 0 spiro atoms. The number of nitrogens with zero attached hydrogens (tertiary/aromatic N) is 2. The summed E-state index contributed by atoms with van der Waals surface area (Å²) in [5.74, 6) is 2.71.